The zero-order valence-electron chi connectivity index (χ0n) is 5.17. The molecule has 64 valence electrons. The summed E-state index contributed by atoms with van der Waals surface area (Å²) in [5.41, 5.74) is 0. The fraction of sp³-hybridized carbons (Fsp3) is 1.00. The van der Waals surface area contributed by atoms with Crippen LogP contribution in [0.3, 0.4) is 0 Å². The van der Waals surface area contributed by atoms with Crippen LogP contribution in [-0.4, -0.2) is 20.3 Å². The van der Waals surface area contributed by atoms with E-state index in [-0.39, 0.29) is 17.0 Å². The molecular weight excluding hydrogens is 479 g/mol. The predicted octanol–water partition coefficient (Wildman–Crippen LogP) is 1.42. The number of halogens is 5. The van der Waals surface area contributed by atoms with Gasteiger partial charge in [-0.2, -0.15) is 0 Å². The van der Waals surface area contributed by atoms with E-state index in [4.69, 9.17) is 0 Å². The third kappa shape index (κ3) is 4.76. The Morgan fingerprint density at radius 3 is 0.900 bits per heavy atom. The standard InChI is InChI=1S/C4H8Br4P.BrH/c5-1-9(2-6,3-7)4-8;/h1-4H2;1H/q+1;/p-1. The third-order valence-electron chi connectivity index (χ3n) is 1.01. The summed E-state index contributed by atoms with van der Waals surface area (Å²) in [5.74, 6) is 0. The lowest BCUT2D eigenvalue weighted by Gasteiger charge is -2.16. The van der Waals surface area contributed by atoms with E-state index in [0.29, 0.717) is 0 Å². The molecular formula is C4H8Br5P. The molecule has 0 unspecified atom stereocenters. The van der Waals surface area contributed by atoms with Crippen LogP contribution >= 0.6 is 71.0 Å². The Bertz CT molecular complexity index is 56.5. The molecule has 0 amide bonds. The molecule has 0 rings (SSSR count). The molecule has 0 aromatic rings. The van der Waals surface area contributed by atoms with Gasteiger partial charge in [-0.25, -0.2) is 0 Å². The zero-order chi connectivity index (χ0) is 7.33. The SMILES string of the molecule is BrC[P+](CBr)(CBr)CBr.[Br-]. The molecule has 0 nitrogen and oxygen atoms in total. The highest BCUT2D eigenvalue weighted by Gasteiger charge is 2.32. The van der Waals surface area contributed by atoms with Crippen LogP contribution in [0.2, 0.25) is 0 Å². The van der Waals surface area contributed by atoms with Gasteiger partial charge in [0.15, 0.2) is 0 Å². The van der Waals surface area contributed by atoms with Gasteiger partial charge < -0.3 is 17.0 Å². The number of rotatable bonds is 4. The summed E-state index contributed by atoms with van der Waals surface area (Å²) in [6.45, 7) is 0. The largest absolute Gasteiger partial charge is 1.00 e. The maximum absolute atomic E-state index is 3.51. The lowest BCUT2D eigenvalue weighted by atomic mass is 11.8. The summed E-state index contributed by atoms with van der Waals surface area (Å²) in [6.07, 6.45) is 0. The lowest BCUT2D eigenvalue weighted by Crippen LogP contribution is -3.00. The monoisotopic (exact) mass is 482 g/mol. The van der Waals surface area contributed by atoms with Gasteiger partial charge in [-0.1, -0.05) is 0 Å². The van der Waals surface area contributed by atoms with Crippen LogP contribution in [0.5, 0.6) is 0 Å². The van der Waals surface area contributed by atoms with Gasteiger partial charge in [0.2, 0.25) is 0 Å². The van der Waals surface area contributed by atoms with Gasteiger partial charge >= 0.3 is 0 Å². The summed E-state index contributed by atoms with van der Waals surface area (Å²) >= 11 is 14.1. The number of hydrogen-bond acceptors (Lipinski definition) is 0. The van der Waals surface area contributed by atoms with Gasteiger partial charge in [0.1, 0.15) is 20.3 Å². The Hall–Kier alpha value is 2.83. The first-order valence-corrected chi connectivity index (χ1v) is 9.35. The molecule has 0 saturated heterocycles. The molecule has 0 heterocycles. The molecule has 0 aliphatic rings. The molecule has 6 heteroatoms. The second kappa shape index (κ2) is 8.43. The minimum atomic E-state index is -0.753. The zero-order valence-corrected chi connectivity index (χ0v) is 14.0. The first-order chi connectivity index (χ1) is 4.24. The summed E-state index contributed by atoms with van der Waals surface area (Å²) in [4.78, 5) is 0. The Morgan fingerprint density at radius 2 is 0.900 bits per heavy atom. The lowest BCUT2D eigenvalue weighted by molar-refractivity contribution is -0.00000166. The van der Waals surface area contributed by atoms with Crippen molar-refractivity contribution in [2.75, 3.05) is 20.3 Å². The second-order valence-corrected chi connectivity index (χ2v) is 11.5. The van der Waals surface area contributed by atoms with Crippen LogP contribution in [0.1, 0.15) is 0 Å². The maximum atomic E-state index is 3.51. The molecule has 0 aromatic heterocycles. The van der Waals surface area contributed by atoms with Crippen LogP contribution < -0.4 is 17.0 Å². The van der Waals surface area contributed by atoms with Gasteiger partial charge in [0, 0.05) is 0 Å². The highest BCUT2D eigenvalue weighted by atomic mass is 79.9. The van der Waals surface area contributed by atoms with Crippen LogP contribution in [-0.2, 0) is 0 Å². The van der Waals surface area contributed by atoms with E-state index in [1.165, 1.54) is 0 Å². The fourth-order valence-corrected chi connectivity index (χ4v) is 15.5. The summed E-state index contributed by atoms with van der Waals surface area (Å²) in [5, 5.41) is 4.51. The molecule has 0 bridgehead atoms. The molecule has 0 spiro atoms. The van der Waals surface area contributed by atoms with Crippen LogP contribution in [0.25, 0.3) is 0 Å². The van der Waals surface area contributed by atoms with Crippen molar-refractivity contribution < 1.29 is 17.0 Å². The summed E-state index contributed by atoms with van der Waals surface area (Å²) < 4.78 is 0. The molecule has 10 heavy (non-hydrogen) atoms. The van der Waals surface area contributed by atoms with Crippen molar-refractivity contribution in [1.82, 2.24) is 0 Å². The van der Waals surface area contributed by atoms with E-state index in [9.17, 15) is 0 Å². The minimum Gasteiger partial charge on any atom is -1.00 e. The quantitative estimate of drug-likeness (QED) is 0.417. The average Bonchev–Trinajstić information content (AvgIpc) is 1.95. The van der Waals surface area contributed by atoms with Crippen molar-refractivity contribution >= 4 is 71.0 Å². The molecule has 0 N–H and O–H groups in total. The molecule has 0 radical (unpaired) electrons. The van der Waals surface area contributed by atoms with E-state index in [1.54, 1.807) is 0 Å². The van der Waals surface area contributed by atoms with Crippen molar-refractivity contribution in [2.24, 2.45) is 0 Å². The normalized spacial score (nSPS) is 10.8. The van der Waals surface area contributed by atoms with E-state index in [1.807, 2.05) is 0 Å². The van der Waals surface area contributed by atoms with E-state index >= 15 is 0 Å². The highest BCUT2D eigenvalue weighted by Crippen LogP contribution is 2.63. The van der Waals surface area contributed by atoms with Crippen molar-refractivity contribution in [1.29, 1.82) is 0 Å². The molecule has 0 aromatic carbocycles. The van der Waals surface area contributed by atoms with Crippen molar-refractivity contribution in [3.05, 3.63) is 0 Å². The Kier molecular flexibility index (Phi) is 12.9. The fourth-order valence-electron chi connectivity index (χ4n) is 0.192. The number of alkyl halides is 4. The third-order valence-corrected chi connectivity index (χ3v) is 15.8. The average molecular weight is 487 g/mol. The van der Waals surface area contributed by atoms with E-state index in [2.05, 4.69) is 63.7 Å². The van der Waals surface area contributed by atoms with Crippen molar-refractivity contribution in [3.8, 4) is 0 Å². The molecule has 0 aliphatic heterocycles. The van der Waals surface area contributed by atoms with Gasteiger partial charge in [0.25, 0.3) is 0 Å². The Morgan fingerprint density at radius 1 is 0.700 bits per heavy atom. The van der Waals surface area contributed by atoms with Gasteiger partial charge in [-0.05, 0) is 63.7 Å². The van der Waals surface area contributed by atoms with Crippen LogP contribution in [0.4, 0.5) is 0 Å². The highest BCUT2D eigenvalue weighted by molar-refractivity contribution is 9.15. The van der Waals surface area contributed by atoms with Crippen LogP contribution in [0, 0.1) is 0 Å². The molecule has 0 aliphatic carbocycles. The summed E-state index contributed by atoms with van der Waals surface area (Å²) in [6, 6.07) is 0. The second-order valence-electron chi connectivity index (χ2n) is 1.82. The molecule has 0 atom stereocenters. The molecule has 0 saturated carbocycles. The van der Waals surface area contributed by atoms with Crippen LogP contribution in [0.15, 0.2) is 0 Å². The van der Waals surface area contributed by atoms with Gasteiger partial charge in [-0.15, -0.1) is 0 Å². The van der Waals surface area contributed by atoms with Crippen molar-refractivity contribution in [3.63, 3.8) is 0 Å². The summed E-state index contributed by atoms with van der Waals surface area (Å²) in [7, 11) is -0.753. The molecule has 0 fully saturated rings. The van der Waals surface area contributed by atoms with Gasteiger partial charge in [-0.3, -0.25) is 0 Å². The minimum absolute atomic E-state index is 0. The first kappa shape index (κ1) is 15.3. The van der Waals surface area contributed by atoms with E-state index in [0.717, 1.165) is 20.3 Å². The number of hydrogen-bond donors (Lipinski definition) is 0. The first-order valence-electron chi connectivity index (χ1n) is 2.33. The van der Waals surface area contributed by atoms with E-state index < -0.39 is 7.26 Å². The Labute approximate surface area is 107 Å². The maximum Gasteiger partial charge on any atom is 0.116 e. The smallest absolute Gasteiger partial charge is 0.116 e. The predicted molar refractivity (Wildman–Crippen MR) is 62.1 cm³/mol. The Balaban J connectivity index is 0. The van der Waals surface area contributed by atoms with Crippen molar-refractivity contribution in [2.45, 2.75) is 0 Å². The van der Waals surface area contributed by atoms with Gasteiger partial charge in [0.05, 0.1) is 7.26 Å². The topological polar surface area (TPSA) is 0 Å².